The number of unbranched alkanes of at least 4 members (excludes halogenated alkanes) is 30. The fourth-order valence-electron chi connectivity index (χ4n) is 9.13. The molecule has 0 spiro atoms. The lowest BCUT2D eigenvalue weighted by atomic mass is 10.0. The predicted molar refractivity (Wildman–Crippen MR) is 339 cm³/mol. The molecule has 0 aromatic rings. The van der Waals surface area contributed by atoms with Gasteiger partial charge in [-0.2, -0.15) is 0 Å². The highest BCUT2D eigenvalue weighted by Crippen LogP contribution is 2.17. The molecule has 6 nitrogen and oxygen atoms in total. The lowest BCUT2D eigenvalue weighted by Crippen LogP contribution is -2.30. The van der Waals surface area contributed by atoms with Gasteiger partial charge in [-0.15, -0.1) is 0 Å². The topological polar surface area (TPSA) is 78.9 Å². The number of carbonyl (C=O) groups is 3. The van der Waals surface area contributed by atoms with E-state index in [-0.39, 0.29) is 31.1 Å². The van der Waals surface area contributed by atoms with Crippen molar-refractivity contribution in [3.05, 3.63) is 109 Å². The molecular formula is C72H122O6. The highest BCUT2D eigenvalue weighted by atomic mass is 16.6. The second kappa shape index (κ2) is 65.6. The van der Waals surface area contributed by atoms with Crippen LogP contribution in [0.15, 0.2) is 109 Å². The molecule has 1 atom stereocenters. The smallest absolute Gasteiger partial charge is 0.306 e. The summed E-state index contributed by atoms with van der Waals surface area (Å²) >= 11 is 0. The maximum absolute atomic E-state index is 12.8. The summed E-state index contributed by atoms with van der Waals surface area (Å²) in [4.78, 5) is 38.2. The fraction of sp³-hybridized carbons (Fsp3) is 0.708. The third kappa shape index (κ3) is 62.9. The highest BCUT2D eigenvalue weighted by molar-refractivity contribution is 5.71. The van der Waals surface area contributed by atoms with Gasteiger partial charge in [0, 0.05) is 19.3 Å². The Bertz CT molecular complexity index is 1570. The molecule has 0 radical (unpaired) electrons. The van der Waals surface area contributed by atoms with Crippen LogP contribution in [0.5, 0.6) is 0 Å². The minimum absolute atomic E-state index is 0.0899. The van der Waals surface area contributed by atoms with Crippen molar-refractivity contribution in [2.45, 2.75) is 316 Å². The van der Waals surface area contributed by atoms with Crippen LogP contribution in [0, 0.1) is 0 Å². The third-order valence-electron chi connectivity index (χ3n) is 14.0. The molecule has 78 heavy (non-hydrogen) atoms. The average Bonchev–Trinajstić information content (AvgIpc) is 3.44. The zero-order chi connectivity index (χ0) is 56.4. The van der Waals surface area contributed by atoms with E-state index in [1.54, 1.807) is 0 Å². The van der Waals surface area contributed by atoms with Gasteiger partial charge in [-0.3, -0.25) is 14.4 Å². The first-order valence-corrected chi connectivity index (χ1v) is 32.9. The number of esters is 3. The number of ether oxygens (including phenoxy) is 3. The van der Waals surface area contributed by atoms with Crippen molar-refractivity contribution in [3.63, 3.8) is 0 Å². The first kappa shape index (κ1) is 74.1. The van der Waals surface area contributed by atoms with Crippen LogP contribution in [0.4, 0.5) is 0 Å². The van der Waals surface area contributed by atoms with Crippen LogP contribution >= 0.6 is 0 Å². The van der Waals surface area contributed by atoms with Gasteiger partial charge in [0.2, 0.25) is 0 Å². The van der Waals surface area contributed by atoms with Gasteiger partial charge in [-0.25, -0.2) is 0 Å². The summed E-state index contributed by atoms with van der Waals surface area (Å²) < 4.78 is 16.8. The summed E-state index contributed by atoms with van der Waals surface area (Å²) in [5, 5.41) is 0. The van der Waals surface area contributed by atoms with Crippen LogP contribution in [0.25, 0.3) is 0 Å². The van der Waals surface area contributed by atoms with Gasteiger partial charge < -0.3 is 14.2 Å². The molecule has 0 saturated carbocycles. The number of rotatable bonds is 59. The van der Waals surface area contributed by atoms with Gasteiger partial charge in [0.1, 0.15) is 13.2 Å². The van der Waals surface area contributed by atoms with Gasteiger partial charge in [0.15, 0.2) is 6.10 Å². The van der Waals surface area contributed by atoms with Crippen molar-refractivity contribution in [3.8, 4) is 0 Å². The van der Waals surface area contributed by atoms with Crippen molar-refractivity contribution in [2.24, 2.45) is 0 Å². The van der Waals surface area contributed by atoms with Crippen LogP contribution in [0.3, 0.4) is 0 Å². The lowest BCUT2D eigenvalue weighted by Gasteiger charge is -2.18. The Morgan fingerprint density at radius 3 is 0.808 bits per heavy atom. The molecule has 0 aromatic heterocycles. The van der Waals surface area contributed by atoms with Gasteiger partial charge in [0.25, 0.3) is 0 Å². The third-order valence-corrected chi connectivity index (χ3v) is 14.0. The van der Waals surface area contributed by atoms with Crippen molar-refractivity contribution < 1.29 is 28.6 Å². The van der Waals surface area contributed by atoms with Crippen LogP contribution < -0.4 is 0 Å². The van der Waals surface area contributed by atoms with Crippen molar-refractivity contribution in [1.29, 1.82) is 0 Å². The van der Waals surface area contributed by atoms with Gasteiger partial charge in [-0.1, -0.05) is 278 Å². The minimum atomic E-state index is -0.795. The maximum atomic E-state index is 12.8. The first-order chi connectivity index (χ1) is 38.5. The van der Waals surface area contributed by atoms with Crippen molar-refractivity contribution in [2.75, 3.05) is 13.2 Å². The van der Waals surface area contributed by atoms with Gasteiger partial charge in [-0.05, 0) is 122 Å². The van der Waals surface area contributed by atoms with E-state index < -0.39 is 6.10 Å². The van der Waals surface area contributed by atoms with Gasteiger partial charge in [0.05, 0.1) is 0 Å². The molecule has 446 valence electrons. The molecular weight excluding hydrogens is 961 g/mol. The van der Waals surface area contributed by atoms with E-state index in [1.807, 2.05) is 0 Å². The summed E-state index contributed by atoms with van der Waals surface area (Å²) in [6.45, 7) is 6.37. The van der Waals surface area contributed by atoms with E-state index >= 15 is 0 Å². The molecule has 6 heteroatoms. The number of hydrogen-bond donors (Lipinski definition) is 0. The van der Waals surface area contributed by atoms with Crippen molar-refractivity contribution >= 4 is 17.9 Å². The van der Waals surface area contributed by atoms with Crippen LogP contribution in [-0.4, -0.2) is 37.2 Å². The Morgan fingerprint density at radius 2 is 0.500 bits per heavy atom. The number of hydrogen-bond acceptors (Lipinski definition) is 6. The Hall–Kier alpha value is -3.93. The van der Waals surface area contributed by atoms with Crippen molar-refractivity contribution in [1.82, 2.24) is 0 Å². The Kier molecular flexibility index (Phi) is 62.3. The molecule has 0 N–H and O–H groups in total. The predicted octanol–water partition coefficient (Wildman–Crippen LogP) is 22.6. The Morgan fingerprint density at radius 1 is 0.269 bits per heavy atom. The second-order valence-corrected chi connectivity index (χ2v) is 21.6. The maximum Gasteiger partial charge on any atom is 0.306 e. The average molecular weight is 1080 g/mol. The SMILES string of the molecule is CC/C=C\C/C=C\C/C=C\C/C=C\C/C=C\CCCCCCCCCCCCCCCCCCCCCC(=O)OCC(COC(=O)CCCCCCC/C=C\CCCCC)OC(=O)CCCCC/C=C\C/C=C\C/C=C\CC. The number of allylic oxidation sites excluding steroid dienone is 18. The Balaban J connectivity index is 4.08. The summed E-state index contributed by atoms with van der Waals surface area (Å²) in [5.74, 6) is -0.921. The molecule has 0 amide bonds. The largest absolute Gasteiger partial charge is 0.462 e. The molecule has 0 aliphatic rings. The zero-order valence-corrected chi connectivity index (χ0v) is 51.2. The lowest BCUT2D eigenvalue weighted by molar-refractivity contribution is -0.167. The molecule has 0 bridgehead atoms. The van der Waals surface area contributed by atoms with Gasteiger partial charge >= 0.3 is 17.9 Å². The monoisotopic (exact) mass is 1080 g/mol. The number of carbonyl (C=O) groups excluding carboxylic acids is 3. The molecule has 0 aliphatic heterocycles. The molecule has 0 fully saturated rings. The van der Waals surface area contributed by atoms with E-state index in [9.17, 15) is 14.4 Å². The fourth-order valence-corrected chi connectivity index (χ4v) is 9.13. The van der Waals surface area contributed by atoms with E-state index in [0.717, 1.165) is 122 Å². The van der Waals surface area contributed by atoms with E-state index in [1.165, 1.54) is 148 Å². The quantitative estimate of drug-likeness (QED) is 0.0261. The first-order valence-electron chi connectivity index (χ1n) is 32.9. The summed E-state index contributed by atoms with van der Waals surface area (Å²) in [6, 6.07) is 0. The van der Waals surface area contributed by atoms with E-state index in [0.29, 0.717) is 19.3 Å². The summed E-state index contributed by atoms with van der Waals surface area (Å²) in [7, 11) is 0. The van der Waals surface area contributed by atoms with Crippen LogP contribution in [0.1, 0.15) is 310 Å². The second-order valence-electron chi connectivity index (χ2n) is 21.6. The molecule has 0 heterocycles. The minimum Gasteiger partial charge on any atom is -0.462 e. The highest BCUT2D eigenvalue weighted by Gasteiger charge is 2.19. The van der Waals surface area contributed by atoms with Crippen LogP contribution in [-0.2, 0) is 28.6 Å². The Labute approximate surface area is 482 Å². The molecule has 1 unspecified atom stereocenters. The zero-order valence-electron chi connectivity index (χ0n) is 51.2. The molecule has 0 aliphatic carbocycles. The standard InChI is InChI=1S/C72H122O6/c1-4-7-10-13-16-19-22-25-26-27-28-29-30-31-32-33-34-35-36-37-38-39-40-41-42-43-44-45-46-48-50-53-56-59-62-65-71(74)77-68-69(67-76-70(73)64-61-58-55-52-49-24-21-18-15-12-9-6-3)78-72(75)66-63-60-57-54-51-47-23-20-17-14-11-8-5-2/h7-8,10-11,16-21,25-26,28-29,31-32,47,51,69H,4-6,9,12-15,22-24,27,30,33-46,48-50,52-68H2,1-3H3/b10-7-,11-8-,19-16-,20-17-,21-18-,26-25-,29-28-,32-31-,51-47-. The normalized spacial score (nSPS) is 12.8. The summed E-state index contributed by atoms with van der Waals surface area (Å²) in [6.07, 6.45) is 89.9. The molecule has 0 rings (SSSR count). The van der Waals surface area contributed by atoms with E-state index in [4.69, 9.17) is 14.2 Å². The molecule has 0 aromatic carbocycles. The van der Waals surface area contributed by atoms with E-state index in [2.05, 4.69) is 130 Å². The molecule has 0 saturated heterocycles. The van der Waals surface area contributed by atoms with Crippen LogP contribution in [0.2, 0.25) is 0 Å². The summed E-state index contributed by atoms with van der Waals surface area (Å²) in [5.41, 5.74) is 0.